The lowest BCUT2D eigenvalue weighted by atomic mass is 10.1. The predicted octanol–water partition coefficient (Wildman–Crippen LogP) is 5.70. The highest BCUT2D eigenvalue weighted by atomic mass is 19.1. The van der Waals surface area contributed by atoms with Gasteiger partial charge in [-0.3, -0.25) is 24.0 Å². The topological polar surface area (TPSA) is 293 Å². The second-order valence-corrected chi connectivity index (χ2v) is 15.8. The quantitative estimate of drug-likeness (QED) is 0.0471. The maximum absolute atomic E-state index is 13.1. The highest BCUT2D eigenvalue weighted by Gasteiger charge is 2.27. The number of nitrogens with one attached hydrogen (secondary N) is 5. The van der Waals surface area contributed by atoms with Gasteiger partial charge in [-0.1, -0.05) is 66.7 Å². The molecule has 78 heavy (non-hydrogen) atoms. The van der Waals surface area contributed by atoms with E-state index in [-0.39, 0.29) is 83.2 Å². The van der Waals surface area contributed by atoms with Crippen LogP contribution >= 0.6 is 0 Å². The molecule has 0 aliphatic heterocycles. The summed E-state index contributed by atoms with van der Waals surface area (Å²) in [5.41, 5.74) is -0.0941. The third kappa shape index (κ3) is 15.6. The Hall–Kier alpha value is -10.3. The molecule has 0 atom stereocenters. The Kier molecular flexibility index (Phi) is 21.4. The van der Waals surface area contributed by atoms with E-state index >= 15 is 0 Å². The van der Waals surface area contributed by atoms with E-state index in [1.165, 1.54) is 88.2 Å². The third-order valence-electron chi connectivity index (χ3n) is 10.7. The average Bonchev–Trinajstić information content (AvgIpc) is 3.46. The molecular formula is C54H49F3N6O15. The highest BCUT2D eigenvalue weighted by molar-refractivity contribution is 6.00. The maximum Gasteiger partial charge on any atom is 0.360 e. The largest absolute Gasteiger partial charge is 0.502 e. The fourth-order valence-corrected chi connectivity index (χ4v) is 6.66. The lowest BCUT2D eigenvalue weighted by molar-refractivity contribution is 0.0580. The molecule has 0 aliphatic rings. The summed E-state index contributed by atoms with van der Waals surface area (Å²) >= 11 is 0. The normalized spacial score (nSPS) is 10.2. The van der Waals surface area contributed by atoms with E-state index in [2.05, 4.69) is 40.4 Å². The monoisotopic (exact) mass is 1080 g/mol. The van der Waals surface area contributed by atoms with Crippen LogP contribution in [0, 0.1) is 17.5 Å². The SMILES string of the molecule is COC(=O)c1[nH]cc(C(=O)NCc2ccc(F)cc2)c(=O)c1O.COC(=O)c1[nH]cc(C(=O)NCc2ccc(F)cc2)c(=O)c1OC.COC(=O)c1ncc(C(=O)NCc2ccc(F)cc2)c(OCc2ccccc2)c1OC. The Bertz CT molecular complexity index is 3380. The summed E-state index contributed by atoms with van der Waals surface area (Å²) in [5.74, 6) is -6.63. The number of ether oxygens (including phenoxy) is 6. The number of H-pyrrole nitrogens is 2. The van der Waals surface area contributed by atoms with E-state index < -0.39 is 63.7 Å². The van der Waals surface area contributed by atoms with Gasteiger partial charge in [0.2, 0.25) is 10.9 Å². The molecule has 406 valence electrons. The number of aromatic hydroxyl groups is 1. The first kappa shape index (κ1) is 58.6. The number of carbonyl (C=O) groups excluding carboxylic acids is 6. The number of pyridine rings is 3. The Morgan fingerprint density at radius 2 is 0.910 bits per heavy atom. The molecule has 0 spiro atoms. The number of amides is 3. The minimum absolute atomic E-state index is 0.00258. The number of aromatic nitrogens is 3. The summed E-state index contributed by atoms with van der Waals surface area (Å²) in [6.07, 6.45) is 3.35. The van der Waals surface area contributed by atoms with Crippen LogP contribution in [0.5, 0.6) is 23.0 Å². The van der Waals surface area contributed by atoms with Crippen molar-refractivity contribution >= 4 is 35.6 Å². The van der Waals surface area contributed by atoms with Crippen molar-refractivity contribution in [1.29, 1.82) is 0 Å². The molecule has 0 aliphatic carbocycles. The zero-order chi connectivity index (χ0) is 56.9. The van der Waals surface area contributed by atoms with Gasteiger partial charge in [-0.05, 0) is 58.7 Å². The van der Waals surface area contributed by atoms with Gasteiger partial charge in [0, 0.05) is 38.2 Å². The number of methoxy groups -OCH3 is 5. The number of esters is 3. The minimum Gasteiger partial charge on any atom is -0.502 e. The fraction of sp³-hybridized carbons (Fsp3) is 0.167. The number of nitrogens with zero attached hydrogens (tertiary/aromatic N) is 1. The van der Waals surface area contributed by atoms with Crippen LogP contribution in [-0.2, 0) is 40.5 Å². The van der Waals surface area contributed by atoms with E-state index in [0.29, 0.717) is 16.7 Å². The summed E-state index contributed by atoms with van der Waals surface area (Å²) in [6, 6.07) is 26.1. The van der Waals surface area contributed by atoms with Crippen LogP contribution in [0.25, 0.3) is 0 Å². The molecule has 21 nitrogen and oxygen atoms in total. The number of aromatic amines is 2. The Morgan fingerprint density at radius 1 is 0.500 bits per heavy atom. The van der Waals surface area contributed by atoms with Gasteiger partial charge < -0.3 is 59.4 Å². The van der Waals surface area contributed by atoms with Crippen molar-refractivity contribution in [3.8, 4) is 23.0 Å². The molecular weight excluding hydrogens is 1030 g/mol. The van der Waals surface area contributed by atoms with Gasteiger partial charge in [-0.25, -0.2) is 32.5 Å². The number of rotatable bonds is 17. The van der Waals surface area contributed by atoms with Crippen molar-refractivity contribution in [3.63, 3.8) is 0 Å². The van der Waals surface area contributed by atoms with E-state index in [1.807, 2.05) is 30.3 Å². The number of halogens is 3. The molecule has 4 aromatic carbocycles. The van der Waals surface area contributed by atoms with Crippen molar-refractivity contribution in [1.82, 2.24) is 30.9 Å². The van der Waals surface area contributed by atoms with Crippen LogP contribution in [0.15, 0.2) is 131 Å². The van der Waals surface area contributed by atoms with Gasteiger partial charge in [0.25, 0.3) is 17.7 Å². The molecule has 0 saturated carbocycles. The van der Waals surface area contributed by atoms with Crippen molar-refractivity contribution < 1.29 is 75.5 Å². The van der Waals surface area contributed by atoms with Gasteiger partial charge in [0.15, 0.2) is 40.1 Å². The van der Waals surface area contributed by atoms with Crippen LogP contribution in [0.2, 0.25) is 0 Å². The standard InChI is InChI=1S/C23H21FN2O5.C16H15FN2O5.C15H13FN2O5/c1-29-21-19(23(28)30-2)25-13-18(20(21)31-14-16-6-4-3-5-7-16)22(27)26-12-15-8-10-17(24)11-9-15;1-23-14-12(16(22)24-2)18-8-11(13(14)20)15(21)19-7-9-3-5-10(17)6-4-9;1-23-15(22)11-13(20)12(19)10(7-17-11)14(21)18-6-8-2-4-9(16)5-3-8/h3-11,13H,12,14H2,1-2H3,(H,26,27);3-6,8H,7H2,1-2H3,(H,18,20)(H,19,21);2-5,7,20H,6H2,1H3,(H,17,19)(H,18,21). The van der Waals surface area contributed by atoms with Gasteiger partial charge in [-0.2, -0.15) is 0 Å². The molecule has 0 unspecified atom stereocenters. The van der Waals surface area contributed by atoms with Crippen LogP contribution in [0.3, 0.4) is 0 Å². The summed E-state index contributed by atoms with van der Waals surface area (Å²) < 4.78 is 68.5. The summed E-state index contributed by atoms with van der Waals surface area (Å²) in [4.78, 5) is 105. The lowest BCUT2D eigenvalue weighted by Crippen LogP contribution is -2.30. The Labute approximate surface area is 441 Å². The maximum atomic E-state index is 13.1. The summed E-state index contributed by atoms with van der Waals surface area (Å²) in [5, 5.41) is 17.4. The molecule has 3 aromatic heterocycles. The van der Waals surface area contributed by atoms with E-state index in [9.17, 15) is 56.6 Å². The summed E-state index contributed by atoms with van der Waals surface area (Å²) in [7, 11) is 6.01. The zero-order valence-electron chi connectivity index (χ0n) is 42.1. The van der Waals surface area contributed by atoms with E-state index in [1.54, 1.807) is 12.1 Å². The molecule has 0 saturated heterocycles. The Balaban J connectivity index is 0.000000219. The van der Waals surface area contributed by atoms with Crippen molar-refractivity contribution in [2.75, 3.05) is 35.5 Å². The molecule has 7 rings (SSSR count). The van der Waals surface area contributed by atoms with Gasteiger partial charge in [0.1, 0.15) is 40.7 Å². The number of carbonyl (C=O) groups is 6. The first-order chi connectivity index (χ1) is 37.4. The smallest absolute Gasteiger partial charge is 0.360 e. The zero-order valence-corrected chi connectivity index (χ0v) is 42.1. The molecule has 24 heteroatoms. The second kappa shape index (κ2) is 28.4. The van der Waals surface area contributed by atoms with Gasteiger partial charge in [0.05, 0.1) is 35.5 Å². The van der Waals surface area contributed by atoms with Gasteiger partial charge >= 0.3 is 17.9 Å². The Morgan fingerprint density at radius 3 is 1.35 bits per heavy atom. The van der Waals surface area contributed by atoms with E-state index in [0.717, 1.165) is 32.2 Å². The number of hydrogen-bond acceptors (Lipinski definition) is 16. The number of benzene rings is 4. The first-order valence-corrected chi connectivity index (χ1v) is 22.8. The molecule has 3 amide bonds. The van der Waals surface area contributed by atoms with Crippen molar-refractivity contribution in [2.24, 2.45) is 0 Å². The molecule has 0 bridgehead atoms. The van der Waals surface area contributed by atoms with Crippen molar-refractivity contribution in [3.05, 3.63) is 216 Å². The first-order valence-electron chi connectivity index (χ1n) is 22.8. The third-order valence-corrected chi connectivity index (χ3v) is 10.7. The minimum atomic E-state index is -0.999. The summed E-state index contributed by atoms with van der Waals surface area (Å²) in [6.45, 7) is 0.482. The van der Waals surface area contributed by atoms with E-state index in [4.69, 9.17) is 18.9 Å². The molecule has 7 aromatic rings. The molecule has 6 N–H and O–H groups in total. The molecule has 0 fully saturated rings. The average molecular weight is 1080 g/mol. The number of hydrogen-bond donors (Lipinski definition) is 6. The fourth-order valence-electron chi connectivity index (χ4n) is 6.66. The van der Waals surface area contributed by atoms with Crippen LogP contribution in [-0.4, -0.2) is 91.2 Å². The van der Waals surface area contributed by atoms with Crippen LogP contribution < -0.4 is 41.0 Å². The second-order valence-electron chi connectivity index (χ2n) is 15.8. The van der Waals surface area contributed by atoms with Gasteiger partial charge in [-0.15, -0.1) is 0 Å². The van der Waals surface area contributed by atoms with Crippen molar-refractivity contribution in [2.45, 2.75) is 26.2 Å². The highest BCUT2D eigenvalue weighted by Crippen LogP contribution is 2.35. The molecule has 3 heterocycles. The molecule has 0 radical (unpaired) electrons. The predicted molar refractivity (Wildman–Crippen MR) is 271 cm³/mol. The van der Waals surface area contributed by atoms with Crippen LogP contribution in [0.4, 0.5) is 13.2 Å². The van der Waals surface area contributed by atoms with Crippen LogP contribution in [0.1, 0.15) is 84.8 Å². The lowest BCUT2D eigenvalue weighted by Gasteiger charge is -2.17.